The molecule has 0 radical (unpaired) electrons. The first-order chi connectivity index (χ1) is 8.24. The number of nitrogens with zero attached hydrogens (tertiary/aromatic N) is 4. The Kier molecular flexibility index (Phi) is 2.13. The van der Waals surface area contributed by atoms with E-state index in [1.807, 2.05) is 16.5 Å². The summed E-state index contributed by atoms with van der Waals surface area (Å²) < 4.78 is 1.81. The van der Waals surface area contributed by atoms with Gasteiger partial charge in [-0.25, -0.2) is 4.98 Å². The van der Waals surface area contributed by atoms with Gasteiger partial charge in [-0.05, 0) is 15.8 Å². The Morgan fingerprint density at radius 2 is 2.35 bits per heavy atom. The van der Waals surface area contributed by atoms with Crippen LogP contribution in [0.25, 0.3) is 17.0 Å². The molecule has 2 aromatic rings. The zero-order valence-corrected chi connectivity index (χ0v) is 10.0. The normalized spacial score (nSPS) is 13.6. The number of fused-ring (bicyclic) bond motifs is 3. The van der Waals surface area contributed by atoms with Crippen LogP contribution in [0.3, 0.4) is 0 Å². The standard InChI is InChI=1S/C11H9N4OP/c12-4-7-10(16)9-6-2-1-3-13-11(6)15(17)8(9)5-14-7/h2,5,16H,1,3,17H2. The highest BCUT2D eigenvalue weighted by Gasteiger charge is 2.15. The lowest BCUT2D eigenvalue weighted by molar-refractivity contribution is 0.477. The monoisotopic (exact) mass is 244 g/mol. The zero-order valence-electron chi connectivity index (χ0n) is 8.88. The van der Waals surface area contributed by atoms with Crippen LogP contribution in [-0.4, -0.2) is 21.0 Å². The van der Waals surface area contributed by atoms with Gasteiger partial charge in [-0.15, -0.1) is 0 Å². The Bertz CT molecular complexity index is 785. The Balaban J connectivity index is 2.64. The summed E-state index contributed by atoms with van der Waals surface area (Å²) in [6, 6.07) is 1.88. The molecule has 0 aliphatic carbocycles. The van der Waals surface area contributed by atoms with Crippen molar-refractivity contribution in [2.75, 3.05) is 6.54 Å². The van der Waals surface area contributed by atoms with Crippen LogP contribution in [0.4, 0.5) is 0 Å². The van der Waals surface area contributed by atoms with Crippen LogP contribution in [0.1, 0.15) is 12.1 Å². The molecule has 17 heavy (non-hydrogen) atoms. The van der Waals surface area contributed by atoms with Crippen molar-refractivity contribution in [2.45, 2.75) is 6.42 Å². The van der Waals surface area contributed by atoms with E-state index in [0.717, 1.165) is 29.2 Å². The molecule has 1 aliphatic rings. The maximum Gasteiger partial charge on any atom is 0.183 e. The molecule has 0 amide bonds. The Morgan fingerprint density at radius 1 is 1.53 bits per heavy atom. The second-order valence-corrected chi connectivity index (χ2v) is 4.33. The number of hydrogen-bond acceptors (Lipinski definition) is 4. The maximum absolute atomic E-state index is 10.0. The third-order valence-corrected chi connectivity index (χ3v) is 3.40. The van der Waals surface area contributed by atoms with Crippen molar-refractivity contribution in [2.24, 2.45) is 4.99 Å². The molecule has 0 bridgehead atoms. The van der Waals surface area contributed by atoms with E-state index in [4.69, 9.17) is 5.26 Å². The second-order valence-electron chi connectivity index (χ2n) is 3.81. The van der Waals surface area contributed by atoms with E-state index in [0.29, 0.717) is 5.39 Å². The molecular weight excluding hydrogens is 235 g/mol. The number of hydrogen-bond donors (Lipinski definition) is 1. The fraction of sp³-hybridized carbons (Fsp3) is 0.182. The van der Waals surface area contributed by atoms with Crippen molar-refractivity contribution in [1.82, 2.24) is 9.32 Å². The van der Waals surface area contributed by atoms with Crippen LogP contribution in [0.2, 0.25) is 0 Å². The average Bonchev–Trinajstić information content (AvgIpc) is 2.65. The molecule has 3 rings (SSSR count). The predicted octanol–water partition coefficient (Wildman–Crippen LogP) is 0.0556. The average molecular weight is 244 g/mol. The first-order valence-electron chi connectivity index (χ1n) is 5.16. The molecule has 1 N–H and O–H groups in total. The summed E-state index contributed by atoms with van der Waals surface area (Å²) in [5.41, 5.74) is 1.62. The summed E-state index contributed by atoms with van der Waals surface area (Å²) in [5.74, 6) is -0.0594. The van der Waals surface area contributed by atoms with Gasteiger partial charge in [0, 0.05) is 11.8 Å². The topological polar surface area (TPSA) is 74.2 Å². The lowest BCUT2D eigenvalue weighted by Crippen LogP contribution is -2.29. The molecule has 6 heteroatoms. The maximum atomic E-state index is 10.0. The minimum atomic E-state index is -0.0594. The van der Waals surface area contributed by atoms with Gasteiger partial charge in [0.05, 0.1) is 17.1 Å². The quantitative estimate of drug-likeness (QED) is 0.666. The molecule has 3 heterocycles. The second kappa shape index (κ2) is 3.54. The van der Waals surface area contributed by atoms with Crippen molar-refractivity contribution in [3.05, 3.63) is 22.6 Å². The van der Waals surface area contributed by atoms with Crippen molar-refractivity contribution < 1.29 is 5.11 Å². The van der Waals surface area contributed by atoms with Crippen molar-refractivity contribution in [1.29, 1.82) is 5.26 Å². The summed E-state index contributed by atoms with van der Waals surface area (Å²) in [6.07, 6.45) is 4.47. The molecule has 0 saturated carbocycles. The molecule has 2 aromatic heterocycles. The van der Waals surface area contributed by atoms with Crippen LogP contribution in [0, 0.1) is 11.3 Å². The molecule has 1 unspecified atom stereocenters. The first-order valence-corrected chi connectivity index (χ1v) is 5.68. The highest BCUT2D eigenvalue weighted by atomic mass is 31.0. The van der Waals surface area contributed by atoms with Gasteiger partial charge in [-0.1, -0.05) is 6.08 Å². The summed E-state index contributed by atoms with van der Waals surface area (Å²) in [6.45, 7) is 0.747. The lowest BCUT2D eigenvalue weighted by Gasteiger charge is -1.98. The van der Waals surface area contributed by atoms with Crippen molar-refractivity contribution in [3.63, 3.8) is 0 Å². The molecule has 0 saturated heterocycles. The van der Waals surface area contributed by atoms with E-state index in [1.165, 1.54) is 0 Å². The van der Waals surface area contributed by atoms with E-state index in [1.54, 1.807) is 6.20 Å². The largest absolute Gasteiger partial charge is 0.504 e. The number of pyridine rings is 1. The van der Waals surface area contributed by atoms with E-state index < -0.39 is 0 Å². The number of nitriles is 1. The van der Waals surface area contributed by atoms with Gasteiger partial charge in [-0.3, -0.25) is 4.99 Å². The zero-order chi connectivity index (χ0) is 12.0. The molecule has 0 spiro atoms. The first kappa shape index (κ1) is 10.2. The van der Waals surface area contributed by atoms with Gasteiger partial charge >= 0.3 is 0 Å². The van der Waals surface area contributed by atoms with Gasteiger partial charge in [-0.2, -0.15) is 5.26 Å². The Morgan fingerprint density at radius 3 is 3.12 bits per heavy atom. The Labute approximate surface area is 99.0 Å². The van der Waals surface area contributed by atoms with E-state index in [2.05, 4.69) is 19.4 Å². The van der Waals surface area contributed by atoms with Crippen molar-refractivity contribution in [3.8, 4) is 11.8 Å². The fourth-order valence-corrected chi connectivity index (χ4v) is 2.53. The SMILES string of the molecule is N#Cc1ncc2c(c1O)c1c(n2P)=NCCC=1. The van der Waals surface area contributed by atoms with E-state index >= 15 is 0 Å². The summed E-state index contributed by atoms with van der Waals surface area (Å²) >= 11 is 0. The molecule has 0 fully saturated rings. The highest BCUT2D eigenvalue weighted by Crippen LogP contribution is 2.24. The number of rotatable bonds is 0. The third kappa shape index (κ3) is 1.28. The van der Waals surface area contributed by atoms with Crippen LogP contribution < -0.4 is 10.7 Å². The van der Waals surface area contributed by atoms with E-state index in [-0.39, 0.29) is 11.4 Å². The number of aromatic hydroxyl groups is 1. The van der Waals surface area contributed by atoms with Gasteiger partial charge in [0.15, 0.2) is 11.4 Å². The summed E-state index contributed by atoms with van der Waals surface area (Å²) in [7, 11) is 2.55. The minimum absolute atomic E-state index is 0.0508. The van der Waals surface area contributed by atoms with Gasteiger partial charge in [0.1, 0.15) is 11.6 Å². The highest BCUT2D eigenvalue weighted by molar-refractivity contribution is 7.14. The smallest absolute Gasteiger partial charge is 0.183 e. The third-order valence-electron chi connectivity index (χ3n) is 2.88. The van der Waals surface area contributed by atoms with Crippen molar-refractivity contribution >= 4 is 26.4 Å². The van der Waals surface area contributed by atoms with Crippen LogP contribution in [0.15, 0.2) is 11.2 Å². The minimum Gasteiger partial charge on any atom is -0.504 e. The van der Waals surface area contributed by atoms with Crippen LogP contribution in [0.5, 0.6) is 5.75 Å². The molecule has 0 aromatic carbocycles. The van der Waals surface area contributed by atoms with Gasteiger partial charge in [0.2, 0.25) is 0 Å². The predicted molar refractivity (Wildman–Crippen MR) is 66.0 cm³/mol. The molecule has 5 nitrogen and oxygen atoms in total. The van der Waals surface area contributed by atoms with Gasteiger partial charge < -0.3 is 9.44 Å². The molecular formula is C11H9N4OP. The summed E-state index contributed by atoms with van der Waals surface area (Å²) in [5, 5.41) is 20.5. The molecule has 1 aliphatic heterocycles. The number of aromatic nitrogens is 2. The fourth-order valence-electron chi connectivity index (χ4n) is 2.11. The molecule has 84 valence electrons. The lowest BCUT2D eigenvalue weighted by atomic mass is 10.2. The van der Waals surface area contributed by atoms with Gasteiger partial charge in [0.25, 0.3) is 0 Å². The van der Waals surface area contributed by atoms with E-state index in [9.17, 15) is 5.11 Å². The van der Waals surface area contributed by atoms with Crippen LogP contribution in [-0.2, 0) is 0 Å². The molecule has 1 atom stereocenters. The van der Waals surface area contributed by atoms with Crippen LogP contribution >= 0.6 is 9.39 Å². The Hall–Kier alpha value is -1.92. The summed E-state index contributed by atoms with van der Waals surface area (Å²) in [4.78, 5) is 8.34.